The van der Waals surface area contributed by atoms with Crippen LogP contribution in [0, 0.1) is 0 Å². The lowest BCUT2D eigenvalue weighted by Gasteiger charge is -2.12. The Bertz CT molecular complexity index is 457. The van der Waals surface area contributed by atoms with E-state index < -0.39 is 0 Å². The van der Waals surface area contributed by atoms with E-state index in [1.807, 2.05) is 19.1 Å². The van der Waals surface area contributed by atoms with Crippen LogP contribution >= 0.6 is 0 Å². The van der Waals surface area contributed by atoms with Crippen LogP contribution in [-0.4, -0.2) is 25.7 Å². The molecule has 0 saturated heterocycles. The molecule has 1 amide bonds. The first-order valence-corrected chi connectivity index (χ1v) is 7.45. The Morgan fingerprint density at radius 2 is 2.19 bits per heavy atom. The van der Waals surface area contributed by atoms with Crippen LogP contribution in [0.4, 0.5) is 0 Å². The molecule has 21 heavy (non-hydrogen) atoms. The van der Waals surface area contributed by atoms with Gasteiger partial charge < -0.3 is 14.8 Å². The number of ether oxygens (including phenoxy) is 2. The Kier molecular flexibility index (Phi) is 8.21. The van der Waals surface area contributed by atoms with Crippen LogP contribution in [0.5, 0.6) is 5.75 Å². The van der Waals surface area contributed by atoms with Gasteiger partial charge in [0, 0.05) is 24.3 Å². The maximum Gasteiger partial charge on any atom is 0.251 e. The summed E-state index contributed by atoms with van der Waals surface area (Å²) in [6.45, 7) is 9.86. The molecule has 0 aliphatic heterocycles. The van der Waals surface area contributed by atoms with Crippen molar-refractivity contribution >= 4 is 5.91 Å². The molecule has 0 aliphatic carbocycles. The molecule has 0 spiro atoms. The molecule has 0 bridgehead atoms. The third-order valence-electron chi connectivity index (χ3n) is 2.93. The van der Waals surface area contributed by atoms with Gasteiger partial charge in [-0.15, -0.1) is 6.58 Å². The quantitative estimate of drug-likeness (QED) is 0.531. The molecule has 0 fully saturated rings. The Labute approximate surface area is 127 Å². The fourth-order valence-corrected chi connectivity index (χ4v) is 1.83. The van der Waals surface area contributed by atoms with Crippen LogP contribution in [0.25, 0.3) is 0 Å². The van der Waals surface area contributed by atoms with E-state index >= 15 is 0 Å². The lowest BCUT2D eigenvalue weighted by molar-refractivity contribution is 0.0956. The molecule has 4 nitrogen and oxygen atoms in total. The van der Waals surface area contributed by atoms with Crippen molar-refractivity contribution in [1.29, 1.82) is 0 Å². The first-order chi connectivity index (χ1) is 10.2. The molecule has 1 rings (SSSR count). The first kappa shape index (κ1) is 17.2. The molecule has 4 heteroatoms. The summed E-state index contributed by atoms with van der Waals surface area (Å²) in [7, 11) is 0. The first-order valence-electron chi connectivity index (χ1n) is 7.45. The number of benzene rings is 1. The van der Waals surface area contributed by atoms with Crippen LogP contribution < -0.4 is 10.1 Å². The zero-order valence-electron chi connectivity index (χ0n) is 13.0. The second-order valence-electron chi connectivity index (χ2n) is 4.66. The summed E-state index contributed by atoms with van der Waals surface area (Å²) in [6, 6.07) is 5.42. The molecule has 0 heterocycles. The van der Waals surface area contributed by atoms with Gasteiger partial charge in [0.25, 0.3) is 5.91 Å². The summed E-state index contributed by atoms with van der Waals surface area (Å²) in [5, 5.41) is 2.77. The fourth-order valence-electron chi connectivity index (χ4n) is 1.83. The zero-order valence-corrected chi connectivity index (χ0v) is 13.0. The minimum Gasteiger partial charge on any atom is -0.494 e. The van der Waals surface area contributed by atoms with Crippen molar-refractivity contribution in [3.63, 3.8) is 0 Å². The van der Waals surface area contributed by atoms with E-state index in [1.54, 1.807) is 12.1 Å². The van der Waals surface area contributed by atoms with Gasteiger partial charge in [0.2, 0.25) is 0 Å². The molecule has 0 saturated carbocycles. The summed E-state index contributed by atoms with van der Waals surface area (Å²) >= 11 is 0. The van der Waals surface area contributed by atoms with Crippen molar-refractivity contribution < 1.29 is 14.3 Å². The third-order valence-corrected chi connectivity index (χ3v) is 2.93. The second-order valence-corrected chi connectivity index (χ2v) is 4.66. The Balaban J connectivity index is 2.78. The van der Waals surface area contributed by atoms with Crippen LogP contribution in [0.3, 0.4) is 0 Å². The van der Waals surface area contributed by atoms with Crippen molar-refractivity contribution in [2.24, 2.45) is 0 Å². The van der Waals surface area contributed by atoms with Crippen molar-refractivity contribution in [3.05, 3.63) is 42.0 Å². The average Bonchev–Trinajstić information content (AvgIpc) is 2.50. The minimum atomic E-state index is -0.118. The van der Waals surface area contributed by atoms with E-state index in [0.29, 0.717) is 25.3 Å². The number of amides is 1. The van der Waals surface area contributed by atoms with E-state index in [-0.39, 0.29) is 5.91 Å². The highest BCUT2D eigenvalue weighted by Gasteiger charge is 2.10. The number of carbonyl (C=O) groups is 1. The summed E-state index contributed by atoms with van der Waals surface area (Å²) in [4.78, 5) is 12.0. The minimum absolute atomic E-state index is 0.118. The highest BCUT2D eigenvalue weighted by atomic mass is 16.5. The van der Waals surface area contributed by atoms with Gasteiger partial charge in [-0.1, -0.05) is 19.4 Å². The van der Waals surface area contributed by atoms with Crippen molar-refractivity contribution in [3.8, 4) is 5.75 Å². The molecular weight excluding hydrogens is 266 g/mol. The van der Waals surface area contributed by atoms with E-state index in [2.05, 4.69) is 18.8 Å². The van der Waals surface area contributed by atoms with Gasteiger partial charge in [0.15, 0.2) is 0 Å². The highest BCUT2D eigenvalue weighted by Crippen LogP contribution is 2.21. The predicted octanol–water partition coefficient (Wildman–Crippen LogP) is 3.32. The molecule has 1 aromatic rings. The summed E-state index contributed by atoms with van der Waals surface area (Å²) in [5.74, 6) is 0.655. The number of hydrogen-bond acceptors (Lipinski definition) is 3. The van der Waals surface area contributed by atoms with Crippen molar-refractivity contribution in [1.82, 2.24) is 5.32 Å². The van der Waals surface area contributed by atoms with Gasteiger partial charge >= 0.3 is 0 Å². The van der Waals surface area contributed by atoms with Gasteiger partial charge in [-0.25, -0.2) is 0 Å². The van der Waals surface area contributed by atoms with Crippen LogP contribution in [0.15, 0.2) is 30.9 Å². The van der Waals surface area contributed by atoms with Crippen LogP contribution in [-0.2, 0) is 11.3 Å². The van der Waals surface area contributed by atoms with E-state index in [9.17, 15) is 4.79 Å². The smallest absolute Gasteiger partial charge is 0.251 e. The summed E-state index contributed by atoms with van der Waals surface area (Å²) < 4.78 is 11.2. The van der Waals surface area contributed by atoms with Gasteiger partial charge in [-0.3, -0.25) is 4.79 Å². The predicted molar refractivity (Wildman–Crippen MR) is 84.7 cm³/mol. The highest BCUT2D eigenvalue weighted by molar-refractivity contribution is 5.94. The zero-order chi connectivity index (χ0) is 15.5. The number of nitrogens with one attached hydrogen (secondary N) is 1. The molecule has 0 aliphatic rings. The molecule has 0 aromatic heterocycles. The molecule has 0 atom stereocenters. The number of carbonyl (C=O) groups excluding carboxylic acids is 1. The second kappa shape index (κ2) is 10.00. The van der Waals surface area contributed by atoms with Crippen molar-refractivity contribution in [2.75, 3.05) is 19.8 Å². The Hall–Kier alpha value is -1.81. The maximum atomic E-state index is 12.0. The topological polar surface area (TPSA) is 47.6 Å². The molecular formula is C17H25NO3. The SMILES string of the molecule is C=CCNC(=O)c1ccc(OCC)c(COCCCC)c1. The Morgan fingerprint density at radius 3 is 2.86 bits per heavy atom. The molecule has 1 N–H and O–H groups in total. The number of rotatable bonds is 10. The van der Waals surface area contributed by atoms with Crippen molar-refractivity contribution in [2.45, 2.75) is 33.3 Å². The normalized spacial score (nSPS) is 10.2. The van der Waals surface area contributed by atoms with Gasteiger partial charge in [0.1, 0.15) is 5.75 Å². The lowest BCUT2D eigenvalue weighted by Crippen LogP contribution is -2.23. The van der Waals surface area contributed by atoms with E-state index in [4.69, 9.17) is 9.47 Å². The molecule has 0 unspecified atom stereocenters. The Morgan fingerprint density at radius 1 is 1.38 bits per heavy atom. The standard InChI is InChI=1S/C17H25NO3/c1-4-7-11-20-13-15-12-14(17(19)18-10-5-2)8-9-16(15)21-6-3/h5,8-9,12H,2,4,6-7,10-11,13H2,1,3H3,(H,18,19). The van der Waals surface area contributed by atoms with Crippen LogP contribution in [0.2, 0.25) is 0 Å². The molecule has 0 radical (unpaired) electrons. The fraction of sp³-hybridized carbons (Fsp3) is 0.471. The maximum absolute atomic E-state index is 12.0. The van der Waals surface area contributed by atoms with Gasteiger partial charge in [0.05, 0.1) is 13.2 Å². The average molecular weight is 291 g/mol. The van der Waals surface area contributed by atoms with Gasteiger partial charge in [-0.2, -0.15) is 0 Å². The largest absolute Gasteiger partial charge is 0.494 e. The molecule has 116 valence electrons. The third kappa shape index (κ3) is 6.00. The molecule has 1 aromatic carbocycles. The van der Waals surface area contributed by atoms with E-state index in [0.717, 1.165) is 30.8 Å². The lowest BCUT2D eigenvalue weighted by atomic mass is 10.1. The summed E-state index contributed by atoms with van der Waals surface area (Å²) in [6.07, 6.45) is 3.78. The monoisotopic (exact) mass is 291 g/mol. The van der Waals surface area contributed by atoms with Crippen LogP contribution in [0.1, 0.15) is 42.6 Å². The summed E-state index contributed by atoms with van der Waals surface area (Å²) in [5.41, 5.74) is 1.51. The van der Waals surface area contributed by atoms with Gasteiger partial charge in [-0.05, 0) is 31.5 Å². The number of unbranched alkanes of at least 4 members (excludes halogenated alkanes) is 1. The number of hydrogen-bond donors (Lipinski definition) is 1. The van der Waals surface area contributed by atoms with E-state index in [1.165, 1.54) is 0 Å².